The Morgan fingerprint density at radius 2 is 0.958 bits per heavy atom. The lowest BCUT2D eigenvalue weighted by Gasteiger charge is -2.53. The van der Waals surface area contributed by atoms with Gasteiger partial charge in [0, 0.05) is 45.2 Å². The van der Waals surface area contributed by atoms with Crippen molar-refractivity contribution in [2.75, 3.05) is 14.7 Å². The van der Waals surface area contributed by atoms with Gasteiger partial charge in [-0.2, -0.15) is 0 Å². The number of anilines is 8. The van der Waals surface area contributed by atoms with Crippen molar-refractivity contribution >= 4 is 68.6 Å². The predicted molar refractivity (Wildman–Crippen MR) is 310 cm³/mol. The summed E-state index contributed by atoms with van der Waals surface area (Å²) in [6.07, 6.45) is 4.78. The zero-order chi connectivity index (χ0) is 50.1. The maximum absolute atomic E-state index is 2.90. The topological polar surface area (TPSA) is 9.72 Å². The Balaban J connectivity index is 1.19. The van der Waals surface area contributed by atoms with Gasteiger partial charge in [0.15, 0.2) is 0 Å². The van der Waals surface area contributed by atoms with Gasteiger partial charge in [-0.3, -0.25) is 0 Å². The Morgan fingerprint density at radius 1 is 0.444 bits per heavy atom. The predicted octanol–water partition coefficient (Wildman–Crippen LogP) is 16.7. The van der Waals surface area contributed by atoms with Crippen molar-refractivity contribution in [2.45, 2.75) is 129 Å². The lowest BCUT2D eigenvalue weighted by Crippen LogP contribution is -2.64. The highest BCUT2D eigenvalue weighted by molar-refractivity contribution is 7.00. The van der Waals surface area contributed by atoms with Crippen molar-refractivity contribution < 1.29 is 0 Å². The fourth-order valence-corrected chi connectivity index (χ4v) is 13.1. The summed E-state index contributed by atoms with van der Waals surface area (Å²) < 4.78 is 0. The minimum atomic E-state index is -0.141. The molecular weight excluding hydrogens is 870 g/mol. The molecule has 8 aromatic carbocycles. The van der Waals surface area contributed by atoms with E-state index in [9.17, 15) is 0 Å². The molecule has 12 rings (SSSR count). The van der Waals surface area contributed by atoms with E-state index in [0.29, 0.717) is 0 Å². The van der Waals surface area contributed by atoms with Crippen LogP contribution >= 0.6 is 0 Å². The van der Waals surface area contributed by atoms with Crippen LogP contribution in [0.25, 0.3) is 22.3 Å². The van der Waals surface area contributed by atoms with Crippen molar-refractivity contribution in [3.05, 3.63) is 198 Å². The summed E-state index contributed by atoms with van der Waals surface area (Å²) in [6, 6.07) is 67.6. The summed E-state index contributed by atoms with van der Waals surface area (Å²) in [5, 5.41) is 0. The highest BCUT2D eigenvalue weighted by Gasteiger charge is 2.61. The van der Waals surface area contributed by atoms with E-state index in [4.69, 9.17) is 0 Å². The van der Waals surface area contributed by atoms with Crippen LogP contribution in [0.5, 0.6) is 0 Å². The molecule has 1 saturated carbocycles. The van der Waals surface area contributed by atoms with Crippen LogP contribution in [0, 0.1) is 0 Å². The molecule has 0 aromatic heterocycles. The first-order valence-corrected chi connectivity index (χ1v) is 26.7. The maximum atomic E-state index is 2.90. The molecule has 3 aliphatic heterocycles. The van der Waals surface area contributed by atoms with E-state index in [0.717, 1.165) is 29.2 Å². The van der Waals surface area contributed by atoms with E-state index in [-0.39, 0.29) is 33.9 Å². The molecule has 1 fully saturated rings. The largest absolute Gasteiger partial charge is 0.335 e. The number of hydrogen-bond donors (Lipinski definition) is 0. The zero-order valence-corrected chi connectivity index (χ0v) is 44.5. The first-order chi connectivity index (χ1) is 34.3. The van der Waals surface area contributed by atoms with Crippen LogP contribution < -0.4 is 31.1 Å². The van der Waals surface area contributed by atoms with Crippen LogP contribution in [0.3, 0.4) is 0 Å². The number of fused-ring (bicyclic) bond motifs is 7. The third kappa shape index (κ3) is 7.21. The van der Waals surface area contributed by atoms with Crippen LogP contribution in [0.15, 0.2) is 176 Å². The Kier molecular flexibility index (Phi) is 10.5. The molecule has 3 heterocycles. The minimum absolute atomic E-state index is 0.00722. The SMILES string of the molecule is CC(C)(C)c1ccc(N(c2ccc(C(C)(C)C)cc2)c2cc3c4c(c2)N2c5c(cc(C(C)(C)C)cc5C5(C)CCCCC25C)B4c2cc(-c4ccccc4)ccc2N3c2ccc(-c3ccccc3)cc2)cc1. The highest BCUT2D eigenvalue weighted by Crippen LogP contribution is 2.63. The van der Waals surface area contributed by atoms with Crippen LogP contribution in [-0.2, 0) is 21.7 Å². The molecule has 3 nitrogen and oxygen atoms in total. The van der Waals surface area contributed by atoms with E-state index in [2.05, 4.69) is 267 Å². The van der Waals surface area contributed by atoms with E-state index in [1.807, 2.05) is 0 Å². The molecule has 0 saturated heterocycles. The van der Waals surface area contributed by atoms with Crippen LogP contribution in [0.2, 0.25) is 0 Å². The number of hydrogen-bond acceptors (Lipinski definition) is 3. The average Bonchev–Trinajstić information content (AvgIpc) is 3.58. The summed E-state index contributed by atoms with van der Waals surface area (Å²) >= 11 is 0. The molecule has 0 spiro atoms. The van der Waals surface area contributed by atoms with E-state index < -0.39 is 0 Å². The number of rotatable bonds is 6. The Labute approximate surface area is 430 Å². The van der Waals surface area contributed by atoms with Crippen molar-refractivity contribution in [1.82, 2.24) is 0 Å². The van der Waals surface area contributed by atoms with Crippen LogP contribution in [0.1, 0.15) is 124 Å². The Hall–Kier alpha value is -6.78. The van der Waals surface area contributed by atoms with Gasteiger partial charge in [0.25, 0.3) is 6.71 Å². The number of nitrogens with zero attached hydrogens (tertiary/aromatic N) is 3. The molecule has 2 unspecified atom stereocenters. The zero-order valence-electron chi connectivity index (χ0n) is 44.5. The fourth-order valence-electron chi connectivity index (χ4n) is 13.1. The molecule has 360 valence electrons. The summed E-state index contributed by atoms with van der Waals surface area (Å²) in [5.74, 6) is 0. The molecule has 4 heteroatoms. The molecule has 0 N–H and O–H groups in total. The van der Waals surface area contributed by atoms with Gasteiger partial charge in [-0.15, -0.1) is 0 Å². The number of benzene rings is 8. The minimum Gasteiger partial charge on any atom is -0.335 e. The van der Waals surface area contributed by atoms with E-state index in [1.54, 1.807) is 0 Å². The summed E-state index contributed by atoms with van der Waals surface area (Å²) in [4.78, 5) is 8.04. The molecule has 0 radical (unpaired) electrons. The summed E-state index contributed by atoms with van der Waals surface area (Å²) in [5.41, 5.74) is 24.5. The van der Waals surface area contributed by atoms with Crippen molar-refractivity contribution in [1.29, 1.82) is 0 Å². The van der Waals surface area contributed by atoms with E-state index in [1.165, 1.54) is 103 Å². The molecule has 4 aliphatic rings. The lowest BCUT2D eigenvalue weighted by atomic mass is 9.33. The van der Waals surface area contributed by atoms with E-state index >= 15 is 0 Å². The highest BCUT2D eigenvalue weighted by atomic mass is 15.3. The maximum Gasteiger partial charge on any atom is 0.252 e. The third-order valence-corrected chi connectivity index (χ3v) is 17.5. The second kappa shape index (κ2) is 16.4. The van der Waals surface area contributed by atoms with Gasteiger partial charge in [-0.25, -0.2) is 0 Å². The Bertz CT molecular complexity index is 3320. The summed E-state index contributed by atoms with van der Waals surface area (Å²) in [6.45, 7) is 26.3. The lowest BCUT2D eigenvalue weighted by molar-refractivity contribution is 0.195. The molecule has 8 aromatic rings. The van der Waals surface area contributed by atoms with Crippen LogP contribution in [0.4, 0.5) is 45.5 Å². The standard InChI is InChI=1S/C68H70BN3/c1-64(2,3)49-27-33-52(34-28-49)70(53-35-29-50(30-36-53)65(4,5)6)55-43-60-62-61(44-55)72-63-56(67(10)38-18-19-39-68(67,72)11)41-51(66(7,8)9)42-58(63)69(62)57-40-48(46-22-16-13-17-23-46)26-37-59(57)71(60)54-31-24-47(25-32-54)45-20-14-12-15-21-45/h12-17,20-37,40-44H,18-19,38-39H2,1-11H3. The molecule has 0 amide bonds. The molecule has 0 bridgehead atoms. The Morgan fingerprint density at radius 3 is 1.53 bits per heavy atom. The smallest absolute Gasteiger partial charge is 0.252 e. The first-order valence-electron chi connectivity index (χ1n) is 26.7. The second-order valence-electron chi connectivity index (χ2n) is 25.0. The molecule has 1 aliphatic carbocycles. The van der Waals surface area contributed by atoms with Gasteiger partial charge >= 0.3 is 0 Å². The van der Waals surface area contributed by atoms with Gasteiger partial charge < -0.3 is 14.7 Å². The van der Waals surface area contributed by atoms with Gasteiger partial charge in [-0.05, 0) is 152 Å². The van der Waals surface area contributed by atoms with Crippen molar-refractivity contribution in [3.63, 3.8) is 0 Å². The molecule has 72 heavy (non-hydrogen) atoms. The van der Waals surface area contributed by atoms with Crippen LogP contribution in [-0.4, -0.2) is 12.3 Å². The second-order valence-corrected chi connectivity index (χ2v) is 25.0. The fraction of sp³-hybridized carbons (Fsp3) is 0.294. The molecular formula is C68H70BN3. The normalized spacial score (nSPS) is 18.8. The summed E-state index contributed by atoms with van der Waals surface area (Å²) in [7, 11) is 0. The van der Waals surface area contributed by atoms with Gasteiger partial charge in [0.05, 0.1) is 11.2 Å². The van der Waals surface area contributed by atoms with Gasteiger partial charge in [-0.1, -0.05) is 203 Å². The monoisotopic (exact) mass is 940 g/mol. The van der Waals surface area contributed by atoms with Crippen molar-refractivity contribution in [2.24, 2.45) is 0 Å². The first kappa shape index (κ1) is 46.3. The quantitative estimate of drug-likeness (QED) is 0.154. The molecule has 2 atom stereocenters. The van der Waals surface area contributed by atoms with Gasteiger partial charge in [0.2, 0.25) is 0 Å². The third-order valence-electron chi connectivity index (χ3n) is 17.5. The van der Waals surface area contributed by atoms with Crippen molar-refractivity contribution in [3.8, 4) is 22.3 Å². The average molecular weight is 940 g/mol. The van der Waals surface area contributed by atoms with Gasteiger partial charge in [0.1, 0.15) is 0 Å².